The highest BCUT2D eigenvalue weighted by Gasteiger charge is 2.36. The van der Waals surface area contributed by atoms with Crippen LogP contribution >= 0.6 is 0 Å². The van der Waals surface area contributed by atoms with Crippen molar-refractivity contribution in [2.45, 2.75) is 6.92 Å². The van der Waals surface area contributed by atoms with Crippen molar-refractivity contribution in [1.82, 2.24) is 9.97 Å². The van der Waals surface area contributed by atoms with Crippen LogP contribution in [-0.4, -0.2) is 39.0 Å². The lowest BCUT2D eigenvalue weighted by atomic mass is 9.85. The van der Waals surface area contributed by atoms with Crippen LogP contribution in [0.3, 0.4) is 0 Å². The number of fused-ring (bicyclic) bond motifs is 2. The van der Waals surface area contributed by atoms with Crippen molar-refractivity contribution in [3.05, 3.63) is 87.0 Å². The quantitative estimate of drug-likeness (QED) is 0.289. The molecule has 30 heavy (non-hydrogen) atoms. The lowest BCUT2D eigenvalue weighted by molar-refractivity contribution is -0.384. The Morgan fingerprint density at radius 3 is 2.53 bits per heavy atom. The number of nitro benzene ring substituents is 1. The highest BCUT2D eigenvalue weighted by atomic mass is 16.6. The van der Waals surface area contributed by atoms with E-state index >= 15 is 0 Å². The van der Waals surface area contributed by atoms with Crippen molar-refractivity contribution in [3.8, 4) is 11.1 Å². The Bertz CT molecular complexity index is 1250. The van der Waals surface area contributed by atoms with Gasteiger partial charge in [0.2, 0.25) is 5.78 Å². The lowest BCUT2D eigenvalue weighted by Gasteiger charge is -2.19. The maximum atomic E-state index is 13.3. The number of nitrogens with zero attached hydrogens (tertiary/aromatic N) is 3. The van der Waals surface area contributed by atoms with E-state index in [0.29, 0.717) is 0 Å². The minimum absolute atomic E-state index is 0.0244. The number of para-hydroxylation sites is 1. The molecule has 0 bridgehead atoms. The molecule has 0 radical (unpaired) electrons. The van der Waals surface area contributed by atoms with Gasteiger partial charge in [0.15, 0.2) is 5.78 Å². The summed E-state index contributed by atoms with van der Waals surface area (Å²) >= 11 is 0. The smallest absolute Gasteiger partial charge is 0.339 e. The molecule has 0 aliphatic heterocycles. The third-order valence-electron chi connectivity index (χ3n) is 4.64. The molecule has 9 heteroatoms. The monoisotopic (exact) mass is 403 g/mol. The van der Waals surface area contributed by atoms with E-state index in [-0.39, 0.29) is 51.5 Å². The van der Waals surface area contributed by atoms with Crippen LogP contribution in [-0.2, 0) is 4.74 Å². The largest absolute Gasteiger partial charge is 0.462 e. The van der Waals surface area contributed by atoms with E-state index in [1.54, 1.807) is 13.0 Å². The molecule has 0 atom stereocenters. The second-order valence-electron chi connectivity index (χ2n) is 6.36. The number of ketones is 2. The van der Waals surface area contributed by atoms with Crippen molar-refractivity contribution in [3.63, 3.8) is 0 Å². The Kier molecular flexibility index (Phi) is 4.63. The first kappa shape index (κ1) is 19.1. The average molecular weight is 403 g/mol. The Labute approximate surface area is 169 Å². The number of esters is 1. The first-order chi connectivity index (χ1) is 14.4. The molecule has 1 aliphatic rings. The summed E-state index contributed by atoms with van der Waals surface area (Å²) < 4.78 is 4.92. The molecule has 2 heterocycles. The van der Waals surface area contributed by atoms with Gasteiger partial charge in [-0.05, 0) is 25.1 Å². The average Bonchev–Trinajstić information content (AvgIpc) is 2.76. The van der Waals surface area contributed by atoms with Gasteiger partial charge in [0.25, 0.3) is 5.69 Å². The fourth-order valence-corrected chi connectivity index (χ4v) is 3.34. The van der Waals surface area contributed by atoms with Gasteiger partial charge in [-0.1, -0.05) is 12.1 Å². The predicted octanol–water partition coefficient (Wildman–Crippen LogP) is 3.00. The molecule has 0 fully saturated rings. The van der Waals surface area contributed by atoms with E-state index in [0.717, 1.165) is 0 Å². The van der Waals surface area contributed by atoms with Gasteiger partial charge < -0.3 is 4.74 Å². The number of nitro groups is 1. The van der Waals surface area contributed by atoms with E-state index in [1.165, 1.54) is 42.7 Å². The lowest BCUT2D eigenvalue weighted by Crippen LogP contribution is -2.25. The van der Waals surface area contributed by atoms with Crippen LogP contribution in [0.1, 0.15) is 49.4 Å². The maximum absolute atomic E-state index is 13.3. The van der Waals surface area contributed by atoms with Gasteiger partial charge in [0.05, 0.1) is 33.8 Å². The maximum Gasteiger partial charge on any atom is 0.339 e. The summed E-state index contributed by atoms with van der Waals surface area (Å²) in [5.74, 6) is -1.88. The number of rotatable bonds is 4. The van der Waals surface area contributed by atoms with Gasteiger partial charge in [-0.25, -0.2) is 4.79 Å². The molecule has 1 aliphatic carbocycles. The zero-order valence-electron chi connectivity index (χ0n) is 15.6. The summed E-state index contributed by atoms with van der Waals surface area (Å²) in [6.07, 6.45) is 2.48. The van der Waals surface area contributed by atoms with Crippen LogP contribution in [0.2, 0.25) is 0 Å². The molecular weight excluding hydrogens is 390 g/mol. The van der Waals surface area contributed by atoms with Gasteiger partial charge in [-0.2, -0.15) is 0 Å². The second kappa shape index (κ2) is 7.28. The minimum Gasteiger partial charge on any atom is -0.462 e. The molecule has 148 valence electrons. The number of ether oxygens (including phenoxy) is 1. The second-order valence-corrected chi connectivity index (χ2v) is 6.36. The zero-order chi connectivity index (χ0) is 21.4. The van der Waals surface area contributed by atoms with Crippen molar-refractivity contribution in [1.29, 1.82) is 0 Å². The van der Waals surface area contributed by atoms with Crippen LogP contribution in [0.4, 0.5) is 5.69 Å². The summed E-state index contributed by atoms with van der Waals surface area (Å²) in [4.78, 5) is 57.2. The molecule has 2 aromatic heterocycles. The van der Waals surface area contributed by atoms with Crippen molar-refractivity contribution in [2.24, 2.45) is 0 Å². The van der Waals surface area contributed by atoms with Gasteiger partial charge in [0.1, 0.15) is 11.4 Å². The Morgan fingerprint density at radius 2 is 1.80 bits per heavy atom. The molecule has 0 amide bonds. The summed E-state index contributed by atoms with van der Waals surface area (Å²) in [5.41, 5.74) is -0.213. The summed E-state index contributed by atoms with van der Waals surface area (Å²) in [6.45, 7) is 1.77. The Hall–Kier alpha value is -4.27. The molecule has 0 N–H and O–H groups in total. The van der Waals surface area contributed by atoms with Gasteiger partial charge in [-0.15, -0.1) is 0 Å². The number of carbonyl (C=O) groups excluding carboxylic acids is 3. The third-order valence-corrected chi connectivity index (χ3v) is 4.64. The number of carbonyl (C=O) groups is 3. The molecule has 0 unspecified atom stereocenters. The van der Waals surface area contributed by atoms with Crippen LogP contribution in [0.5, 0.6) is 0 Å². The topological polar surface area (TPSA) is 129 Å². The SMILES string of the molecule is CCOC(=O)c1cnc2c(c1)C(=O)c1c(-c3ccccc3[N+](=O)[O-])ccnc1C2=O. The zero-order valence-corrected chi connectivity index (χ0v) is 15.6. The summed E-state index contributed by atoms with van der Waals surface area (Å²) in [6, 6.07) is 8.60. The van der Waals surface area contributed by atoms with Crippen molar-refractivity contribution < 1.29 is 24.0 Å². The van der Waals surface area contributed by atoms with E-state index in [4.69, 9.17) is 4.74 Å². The van der Waals surface area contributed by atoms with E-state index < -0.39 is 22.5 Å². The Morgan fingerprint density at radius 1 is 1.03 bits per heavy atom. The minimum atomic E-state index is -0.677. The standard InChI is InChI=1S/C21H13N3O6/c1-2-30-21(27)11-9-14-17(23-10-11)20(26)18-16(19(14)25)13(7-8-22-18)12-5-3-4-6-15(12)24(28)29/h3-10H,2H2,1H3. The fourth-order valence-electron chi connectivity index (χ4n) is 3.34. The van der Waals surface area contributed by atoms with Crippen molar-refractivity contribution >= 4 is 23.2 Å². The number of benzene rings is 1. The van der Waals surface area contributed by atoms with Crippen LogP contribution < -0.4 is 0 Å². The first-order valence-corrected chi connectivity index (χ1v) is 8.93. The molecular formula is C21H13N3O6. The number of aromatic nitrogens is 2. The number of hydrogen-bond acceptors (Lipinski definition) is 8. The van der Waals surface area contributed by atoms with Gasteiger partial charge in [-0.3, -0.25) is 29.7 Å². The molecule has 0 spiro atoms. The first-order valence-electron chi connectivity index (χ1n) is 8.93. The van der Waals surface area contributed by atoms with Gasteiger partial charge >= 0.3 is 5.97 Å². The highest BCUT2D eigenvalue weighted by molar-refractivity contribution is 6.29. The molecule has 1 aromatic carbocycles. The predicted molar refractivity (Wildman–Crippen MR) is 103 cm³/mol. The summed E-state index contributed by atoms with van der Waals surface area (Å²) in [5, 5.41) is 11.5. The van der Waals surface area contributed by atoms with E-state index in [1.807, 2.05) is 0 Å². The fraction of sp³-hybridized carbons (Fsp3) is 0.0952. The van der Waals surface area contributed by atoms with Crippen LogP contribution in [0.25, 0.3) is 11.1 Å². The molecule has 9 nitrogen and oxygen atoms in total. The van der Waals surface area contributed by atoms with Crippen LogP contribution in [0.15, 0.2) is 48.8 Å². The molecule has 4 rings (SSSR count). The summed E-state index contributed by atoms with van der Waals surface area (Å²) in [7, 11) is 0. The van der Waals surface area contributed by atoms with E-state index in [2.05, 4.69) is 9.97 Å². The normalized spacial score (nSPS) is 12.2. The van der Waals surface area contributed by atoms with Crippen LogP contribution in [0, 0.1) is 10.1 Å². The third kappa shape index (κ3) is 2.93. The molecule has 0 saturated carbocycles. The molecule has 0 saturated heterocycles. The number of pyridine rings is 2. The van der Waals surface area contributed by atoms with Crippen molar-refractivity contribution in [2.75, 3.05) is 6.61 Å². The van der Waals surface area contributed by atoms with Gasteiger partial charge in [0, 0.05) is 24.0 Å². The number of hydrogen-bond donors (Lipinski definition) is 0. The Balaban J connectivity index is 1.93. The molecule has 3 aromatic rings. The van der Waals surface area contributed by atoms with E-state index in [9.17, 15) is 24.5 Å². The highest BCUT2D eigenvalue weighted by Crippen LogP contribution is 2.36.